The summed E-state index contributed by atoms with van der Waals surface area (Å²) in [6.45, 7) is 3.61. The molecule has 6 rings (SSSR count). The SMILES string of the molecule is CC(C)C(=O)Nc1cncc(-c2cc3c(-c4cc5c(-c6cc(F)cc(CNS(C)(=O)=O)c6)ccnc5[nH]4)n[nH]c3cn2)c1. The summed E-state index contributed by atoms with van der Waals surface area (Å²) < 4.78 is 40.1. The van der Waals surface area contributed by atoms with Gasteiger partial charge in [0, 0.05) is 41.2 Å². The quantitative estimate of drug-likeness (QED) is 0.192. The maximum absolute atomic E-state index is 14.6. The number of fused-ring (bicyclic) bond motifs is 2. The monoisotopic (exact) mass is 598 g/mol. The molecule has 4 N–H and O–H groups in total. The lowest BCUT2D eigenvalue weighted by molar-refractivity contribution is -0.118. The number of hydrogen-bond acceptors (Lipinski definition) is 7. The predicted molar refractivity (Wildman–Crippen MR) is 163 cm³/mol. The molecule has 0 unspecified atom stereocenters. The third-order valence-corrected chi connectivity index (χ3v) is 7.54. The van der Waals surface area contributed by atoms with E-state index in [-0.39, 0.29) is 18.4 Å². The molecule has 218 valence electrons. The summed E-state index contributed by atoms with van der Waals surface area (Å²) in [5.41, 5.74) is 6.36. The Bertz CT molecular complexity index is 2120. The highest BCUT2D eigenvalue weighted by Gasteiger charge is 2.17. The van der Waals surface area contributed by atoms with E-state index in [0.717, 1.165) is 33.7 Å². The molecule has 0 spiro atoms. The Balaban J connectivity index is 1.38. The fourth-order valence-corrected chi connectivity index (χ4v) is 5.17. The Labute approximate surface area is 246 Å². The van der Waals surface area contributed by atoms with Crippen LogP contribution in [0.3, 0.4) is 0 Å². The minimum atomic E-state index is -3.44. The van der Waals surface area contributed by atoms with E-state index >= 15 is 0 Å². The molecule has 0 fully saturated rings. The van der Waals surface area contributed by atoms with Gasteiger partial charge in [0.25, 0.3) is 0 Å². The number of aromatic amines is 2. The summed E-state index contributed by atoms with van der Waals surface area (Å²) in [6, 6.07) is 11.8. The number of anilines is 1. The van der Waals surface area contributed by atoms with Gasteiger partial charge in [0.05, 0.1) is 41.2 Å². The van der Waals surface area contributed by atoms with Crippen LogP contribution in [0.25, 0.3) is 55.7 Å². The number of nitrogens with one attached hydrogen (secondary N) is 4. The van der Waals surface area contributed by atoms with E-state index in [9.17, 15) is 17.6 Å². The van der Waals surface area contributed by atoms with Crippen LogP contribution in [0.2, 0.25) is 0 Å². The molecule has 5 heterocycles. The van der Waals surface area contributed by atoms with E-state index in [0.29, 0.717) is 39.5 Å². The van der Waals surface area contributed by atoms with Gasteiger partial charge in [-0.05, 0) is 59.2 Å². The Kier molecular flexibility index (Phi) is 7.20. The first kappa shape index (κ1) is 28.1. The number of amides is 1. The molecular weight excluding hydrogens is 571 g/mol. The topological polar surface area (TPSA) is 158 Å². The van der Waals surface area contributed by atoms with Crippen molar-refractivity contribution in [1.82, 2.24) is 34.9 Å². The molecular formula is C30H27FN8O3S. The van der Waals surface area contributed by atoms with E-state index in [2.05, 4.69) is 40.2 Å². The van der Waals surface area contributed by atoms with Gasteiger partial charge in [-0.3, -0.25) is 19.9 Å². The van der Waals surface area contributed by atoms with Gasteiger partial charge in [-0.15, -0.1) is 0 Å². The highest BCUT2D eigenvalue weighted by Crippen LogP contribution is 2.35. The zero-order valence-electron chi connectivity index (χ0n) is 23.4. The number of hydrogen-bond donors (Lipinski definition) is 4. The van der Waals surface area contributed by atoms with Gasteiger partial charge in [0.2, 0.25) is 15.9 Å². The largest absolute Gasteiger partial charge is 0.338 e. The minimum Gasteiger partial charge on any atom is -0.338 e. The van der Waals surface area contributed by atoms with Crippen LogP contribution in [0.15, 0.2) is 67.3 Å². The van der Waals surface area contributed by atoms with Gasteiger partial charge >= 0.3 is 0 Å². The van der Waals surface area contributed by atoms with Crippen molar-refractivity contribution in [1.29, 1.82) is 0 Å². The van der Waals surface area contributed by atoms with Crippen molar-refractivity contribution in [2.24, 2.45) is 5.92 Å². The van der Waals surface area contributed by atoms with Crippen LogP contribution in [0, 0.1) is 11.7 Å². The lowest BCUT2D eigenvalue weighted by Gasteiger charge is -2.08. The van der Waals surface area contributed by atoms with Crippen LogP contribution in [0.1, 0.15) is 19.4 Å². The number of aromatic nitrogens is 6. The lowest BCUT2D eigenvalue weighted by Crippen LogP contribution is -2.21. The highest BCUT2D eigenvalue weighted by molar-refractivity contribution is 7.88. The summed E-state index contributed by atoms with van der Waals surface area (Å²) in [6.07, 6.45) is 7.63. The highest BCUT2D eigenvalue weighted by atomic mass is 32.2. The molecule has 0 aliphatic carbocycles. The van der Waals surface area contributed by atoms with Crippen LogP contribution >= 0.6 is 0 Å². The molecule has 1 aromatic carbocycles. The molecule has 0 aliphatic rings. The molecule has 0 bridgehead atoms. The van der Waals surface area contributed by atoms with Crippen molar-refractivity contribution >= 4 is 43.6 Å². The van der Waals surface area contributed by atoms with E-state index in [4.69, 9.17) is 0 Å². The molecule has 6 aromatic rings. The number of nitrogens with zero attached hydrogens (tertiary/aromatic N) is 4. The van der Waals surface area contributed by atoms with Crippen LogP contribution in [-0.2, 0) is 21.4 Å². The van der Waals surface area contributed by atoms with Gasteiger partial charge in [0.15, 0.2) is 0 Å². The van der Waals surface area contributed by atoms with Gasteiger partial charge in [0.1, 0.15) is 17.2 Å². The Hall–Kier alpha value is -5.01. The fourth-order valence-electron chi connectivity index (χ4n) is 4.74. The lowest BCUT2D eigenvalue weighted by atomic mass is 10.0. The molecule has 0 saturated carbocycles. The van der Waals surface area contributed by atoms with Crippen molar-refractivity contribution in [2.45, 2.75) is 20.4 Å². The number of carbonyl (C=O) groups excluding carboxylic acids is 1. The molecule has 0 radical (unpaired) electrons. The molecule has 11 nitrogen and oxygen atoms in total. The third-order valence-electron chi connectivity index (χ3n) is 6.87. The number of sulfonamides is 1. The Morgan fingerprint density at radius 2 is 1.84 bits per heavy atom. The maximum Gasteiger partial charge on any atom is 0.226 e. The summed E-state index contributed by atoms with van der Waals surface area (Å²) in [4.78, 5) is 28.8. The van der Waals surface area contributed by atoms with E-state index < -0.39 is 15.8 Å². The van der Waals surface area contributed by atoms with Crippen LogP contribution < -0.4 is 10.0 Å². The minimum absolute atomic E-state index is 0.0334. The summed E-state index contributed by atoms with van der Waals surface area (Å²) in [5.74, 6) is -0.756. The van der Waals surface area contributed by atoms with E-state index in [1.54, 1.807) is 36.9 Å². The number of halogens is 1. The second kappa shape index (κ2) is 11.0. The zero-order valence-corrected chi connectivity index (χ0v) is 24.3. The average molecular weight is 599 g/mol. The van der Waals surface area contributed by atoms with Crippen molar-refractivity contribution in [2.75, 3.05) is 11.6 Å². The maximum atomic E-state index is 14.6. The van der Waals surface area contributed by atoms with Crippen molar-refractivity contribution in [3.05, 3.63) is 78.6 Å². The summed E-state index contributed by atoms with van der Waals surface area (Å²) in [5, 5.41) is 11.9. The summed E-state index contributed by atoms with van der Waals surface area (Å²) in [7, 11) is -3.44. The second-order valence-electron chi connectivity index (χ2n) is 10.5. The normalized spacial score (nSPS) is 11.9. The first-order valence-corrected chi connectivity index (χ1v) is 15.3. The number of benzene rings is 1. The van der Waals surface area contributed by atoms with Crippen LogP contribution in [0.4, 0.5) is 10.1 Å². The number of rotatable bonds is 8. The van der Waals surface area contributed by atoms with E-state index in [1.807, 2.05) is 32.0 Å². The third kappa shape index (κ3) is 5.98. The average Bonchev–Trinajstić information content (AvgIpc) is 3.59. The van der Waals surface area contributed by atoms with E-state index in [1.165, 1.54) is 12.1 Å². The molecule has 1 amide bonds. The first-order chi connectivity index (χ1) is 20.5. The van der Waals surface area contributed by atoms with Crippen molar-refractivity contribution in [3.8, 4) is 33.8 Å². The standard InChI is InChI=1S/C30H27FN8O3S/c1-16(2)30(40)36-21-9-19(13-32-14-21)25-11-24-27(15-34-25)38-39-28(24)26-10-23-22(4-5-33-29(23)37-26)18-6-17(7-20(31)8-18)12-35-43(3,41)42/h4-11,13-16,35H,12H2,1-3H3,(H,33,37)(H,36,40)(H,38,39). The van der Waals surface area contributed by atoms with Gasteiger partial charge in [-0.2, -0.15) is 5.10 Å². The Morgan fingerprint density at radius 3 is 2.63 bits per heavy atom. The number of H-pyrrole nitrogens is 2. The molecule has 0 atom stereocenters. The molecule has 13 heteroatoms. The van der Waals surface area contributed by atoms with Crippen molar-refractivity contribution in [3.63, 3.8) is 0 Å². The molecule has 5 aromatic heterocycles. The fraction of sp³-hybridized carbons (Fsp3) is 0.167. The number of pyridine rings is 3. The predicted octanol–water partition coefficient (Wildman–Crippen LogP) is 5.01. The second-order valence-corrected chi connectivity index (χ2v) is 12.4. The van der Waals surface area contributed by atoms with Gasteiger partial charge in [-0.25, -0.2) is 22.5 Å². The summed E-state index contributed by atoms with van der Waals surface area (Å²) >= 11 is 0. The molecule has 43 heavy (non-hydrogen) atoms. The Morgan fingerprint density at radius 1 is 1.00 bits per heavy atom. The smallest absolute Gasteiger partial charge is 0.226 e. The van der Waals surface area contributed by atoms with Gasteiger partial charge < -0.3 is 10.3 Å². The van der Waals surface area contributed by atoms with Gasteiger partial charge in [-0.1, -0.05) is 13.8 Å². The van der Waals surface area contributed by atoms with Crippen LogP contribution in [-0.4, -0.2) is 50.7 Å². The van der Waals surface area contributed by atoms with Crippen LogP contribution in [0.5, 0.6) is 0 Å². The first-order valence-electron chi connectivity index (χ1n) is 13.4. The zero-order chi connectivity index (χ0) is 30.3. The van der Waals surface area contributed by atoms with Crippen molar-refractivity contribution < 1.29 is 17.6 Å². The molecule has 0 aliphatic heterocycles. The number of carbonyl (C=O) groups is 1. The molecule has 0 saturated heterocycles.